The van der Waals surface area contributed by atoms with E-state index in [-0.39, 0.29) is 30.1 Å². The molecule has 3 aliphatic heterocycles. The summed E-state index contributed by atoms with van der Waals surface area (Å²) >= 11 is 0. The SMILES string of the molecule is CC(C)c1ccccc1N1C(=O)NC(N2C[C@@H](C)N(C(=O)OC(C)(C)C)C[C@@H]2C)=C2C=C[NH+](Cc3ccccc3)C=C21. The van der Waals surface area contributed by atoms with Crippen LogP contribution in [0.4, 0.5) is 15.3 Å². The number of benzene rings is 2. The van der Waals surface area contributed by atoms with Gasteiger partial charge in [0.15, 0.2) is 0 Å². The van der Waals surface area contributed by atoms with Crippen LogP contribution in [-0.4, -0.2) is 52.7 Å². The lowest BCUT2D eigenvalue weighted by molar-refractivity contribution is -0.806. The molecule has 222 valence electrons. The fourth-order valence-electron chi connectivity index (χ4n) is 5.90. The van der Waals surface area contributed by atoms with E-state index in [1.165, 1.54) is 5.56 Å². The minimum Gasteiger partial charge on any atom is -0.444 e. The fraction of sp³-hybridized carbons (Fsp3) is 0.412. The van der Waals surface area contributed by atoms with E-state index in [1.807, 2.05) is 56.9 Å². The molecule has 0 spiro atoms. The third-order valence-corrected chi connectivity index (χ3v) is 7.94. The summed E-state index contributed by atoms with van der Waals surface area (Å²) in [4.78, 5) is 34.0. The number of para-hydroxylation sites is 1. The number of piperazine rings is 1. The van der Waals surface area contributed by atoms with E-state index < -0.39 is 5.60 Å². The summed E-state index contributed by atoms with van der Waals surface area (Å²) in [5.41, 5.74) is 4.49. The molecule has 2 aromatic rings. The van der Waals surface area contributed by atoms with Crippen molar-refractivity contribution < 1.29 is 19.2 Å². The van der Waals surface area contributed by atoms with Crippen molar-refractivity contribution in [3.63, 3.8) is 0 Å². The zero-order valence-corrected chi connectivity index (χ0v) is 25.8. The van der Waals surface area contributed by atoms with E-state index in [9.17, 15) is 9.59 Å². The summed E-state index contributed by atoms with van der Waals surface area (Å²) in [6, 6.07) is 18.2. The molecule has 3 aliphatic rings. The monoisotopic (exact) mass is 570 g/mol. The first-order valence-electron chi connectivity index (χ1n) is 14.9. The van der Waals surface area contributed by atoms with Crippen LogP contribution in [-0.2, 0) is 11.3 Å². The Morgan fingerprint density at radius 2 is 1.71 bits per heavy atom. The van der Waals surface area contributed by atoms with Crippen LogP contribution in [0.1, 0.15) is 65.5 Å². The second kappa shape index (κ2) is 11.7. The molecule has 2 N–H and O–H groups in total. The molecule has 42 heavy (non-hydrogen) atoms. The molecular weight excluding hydrogens is 526 g/mol. The van der Waals surface area contributed by atoms with Crippen LogP contribution >= 0.6 is 0 Å². The normalized spacial score (nSPS) is 22.7. The van der Waals surface area contributed by atoms with Gasteiger partial charge in [0.2, 0.25) is 0 Å². The quantitative estimate of drug-likeness (QED) is 0.510. The highest BCUT2D eigenvalue weighted by atomic mass is 16.6. The Kier molecular flexibility index (Phi) is 8.19. The Bertz CT molecular complexity index is 1420. The zero-order valence-electron chi connectivity index (χ0n) is 25.8. The number of hydrogen-bond donors (Lipinski definition) is 2. The molecule has 5 rings (SSSR count). The van der Waals surface area contributed by atoms with Crippen LogP contribution in [0.2, 0.25) is 0 Å². The van der Waals surface area contributed by atoms with Crippen molar-refractivity contribution in [2.45, 2.75) is 78.6 Å². The average Bonchev–Trinajstić information content (AvgIpc) is 2.93. The van der Waals surface area contributed by atoms with Gasteiger partial charge in [0.25, 0.3) is 0 Å². The molecule has 8 heteroatoms. The van der Waals surface area contributed by atoms with Gasteiger partial charge in [-0.15, -0.1) is 0 Å². The number of ether oxygens (including phenoxy) is 1. The number of allylic oxidation sites excluding steroid dienone is 1. The van der Waals surface area contributed by atoms with Crippen molar-refractivity contribution in [3.8, 4) is 0 Å². The number of nitrogens with one attached hydrogen (secondary N) is 2. The molecule has 0 aromatic heterocycles. The van der Waals surface area contributed by atoms with Gasteiger partial charge < -0.3 is 14.5 Å². The molecule has 1 fully saturated rings. The lowest BCUT2D eigenvalue weighted by Crippen LogP contribution is -3.02. The Hall–Kier alpha value is -4.04. The Morgan fingerprint density at radius 3 is 2.40 bits per heavy atom. The number of carbonyl (C=O) groups excluding carboxylic acids is 2. The van der Waals surface area contributed by atoms with Crippen molar-refractivity contribution in [2.75, 3.05) is 18.0 Å². The number of anilines is 1. The van der Waals surface area contributed by atoms with Crippen LogP contribution in [0, 0.1) is 0 Å². The highest BCUT2D eigenvalue weighted by molar-refractivity contribution is 6.00. The van der Waals surface area contributed by atoms with Crippen molar-refractivity contribution in [1.29, 1.82) is 0 Å². The molecule has 0 saturated carbocycles. The van der Waals surface area contributed by atoms with Gasteiger partial charge in [-0.05, 0) is 52.2 Å². The molecular formula is C34H44N5O3+. The summed E-state index contributed by atoms with van der Waals surface area (Å²) in [6.45, 7) is 15.9. The molecule has 0 bridgehead atoms. The number of carbonyl (C=O) groups is 2. The number of urea groups is 1. The highest BCUT2D eigenvalue weighted by Crippen LogP contribution is 2.37. The molecule has 1 unspecified atom stereocenters. The first-order valence-corrected chi connectivity index (χ1v) is 14.9. The fourth-order valence-corrected chi connectivity index (χ4v) is 5.90. The second-order valence-electron chi connectivity index (χ2n) is 12.8. The maximum absolute atomic E-state index is 14.1. The van der Waals surface area contributed by atoms with Gasteiger partial charge in [-0.2, -0.15) is 0 Å². The maximum atomic E-state index is 14.1. The molecule has 0 aliphatic carbocycles. The van der Waals surface area contributed by atoms with Crippen molar-refractivity contribution in [1.82, 2.24) is 15.1 Å². The summed E-state index contributed by atoms with van der Waals surface area (Å²) in [5.74, 6) is 1.03. The zero-order chi connectivity index (χ0) is 30.2. The van der Waals surface area contributed by atoms with E-state index in [4.69, 9.17) is 4.74 Å². The van der Waals surface area contributed by atoms with Gasteiger partial charge >= 0.3 is 12.1 Å². The second-order valence-corrected chi connectivity index (χ2v) is 12.8. The van der Waals surface area contributed by atoms with Gasteiger partial charge in [-0.3, -0.25) is 15.1 Å². The number of quaternary nitrogens is 1. The van der Waals surface area contributed by atoms with Crippen LogP contribution in [0.5, 0.6) is 0 Å². The molecule has 3 amide bonds. The first kappa shape index (κ1) is 29.5. The number of amides is 3. The summed E-state index contributed by atoms with van der Waals surface area (Å²) in [6.07, 6.45) is 6.14. The smallest absolute Gasteiger partial charge is 0.410 e. The molecule has 8 nitrogen and oxygen atoms in total. The standard InChI is InChI=1S/C34H43N5O3/c1-23(2)27-15-11-12-16-29(27)39-30-22-36(21-26-13-9-8-10-14-26)18-17-28(30)31(35-32(39)40)37-19-25(4)38(20-24(37)3)33(41)42-34(5,6)7/h8-18,22-25H,19-21H2,1-7H3,(H,35,40)/p+1/t24-,25+/m0/s1. The lowest BCUT2D eigenvalue weighted by atomic mass is 9.98. The number of fused-ring (bicyclic) bond motifs is 1. The molecule has 3 atom stereocenters. The van der Waals surface area contributed by atoms with Crippen LogP contribution < -0.4 is 15.1 Å². The Balaban J connectivity index is 1.53. The van der Waals surface area contributed by atoms with E-state index in [0.717, 1.165) is 39.8 Å². The van der Waals surface area contributed by atoms with Crippen molar-refractivity contribution in [3.05, 3.63) is 101 Å². The van der Waals surface area contributed by atoms with E-state index in [0.29, 0.717) is 13.1 Å². The first-order chi connectivity index (χ1) is 19.9. The maximum Gasteiger partial charge on any atom is 0.410 e. The van der Waals surface area contributed by atoms with Crippen molar-refractivity contribution in [2.24, 2.45) is 0 Å². The van der Waals surface area contributed by atoms with Crippen molar-refractivity contribution >= 4 is 17.8 Å². The number of hydrogen-bond acceptors (Lipinski definition) is 4. The molecule has 0 radical (unpaired) electrons. The predicted molar refractivity (Wildman–Crippen MR) is 165 cm³/mol. The van der Waals surface area contributed by atoms with E-state index >= 15 is 0 Å². The molecule has 3 heterocycles. The van der Waals surface area contributed by atoms with Crippen LogP contribution in [0.25, 0.3) is 0 Å². The third-order valence-electron chi connectivity index (χ3n) is 7.94. The predicted octanol–water partition coefficient (Wildman–Crippen LogP) is 5.33. The van der Waals surface area contributed by atoms with Gasteiger partial charge in [0.1, 0.15) is 29.9 Å². The number of rotatable bonds is 5. The van der Waals surface area contributed by atoms with Gasteiger partial charge in [0.05, 0.1) is 17.5 Å². The van der Waals surface area contributed by atoms with Gasteiger partial charge in [-0.1, -0.05) is 62.4 Å². The van der Waals surface area contributed by atoms with E-state index in [1.54, 1.807) is 4.90 Å². The van der Waals surface area contributed by atoms with Gasteiger partial charge in [-0.25, -0.2) is 9.59 Å². The minimum absolute atomic E-state index is 0.0321. The lowest BCUT2D eigenvalue weighted by Gasteiger charge is -2.48. The Labute approximate surface area is 249 Å². The van der Waals surface area contributed by atoms with E-state index in [2.05, 4.69) is 79.8 Å². The van der Waals surface area contributed by atoms with Crippen LogP contribution in [0.3, 0.4) is 0 Å². The topological polar surface area (TPSA) is 69.6 Å². The third kappa shape index (κ3) is 6.09. The highest BCUT2D eigenvalue weighted by Gasteiger charge is 2.41. The molecule has 2 aromatic carbocycles. The summed E-state index contributed by atoms with van der Waals surface area (Å²) in [7, 11) is 0. The van der Waals surface area contributed by atoms with Crippen LogP contribution in [0.15, 0.2) is 90.2 Å². The summed E-state index contributed by atoms with van der Waals surface area (Å²) < 4.78 is 5.69. The largest absolute Gasteiger partial charge is 0.444 e. The van der Waals surface area contributed by atoms with Gasteiger partial charge in [0, 0.05) is 36.8 Å². The average molecular weight is 571 g/mol. The number of nitrogens with zero attached hydrogens (tertiary/aromatic N) is 3. The minimum atomic E-state index is -0.560. The Morgan fingerprint density at radius 1 is 1.02 bits per heavy atom. The summed E-state index contributed by atoms with van der Waals surface area (Å²) in [5, 5.41) is 3.25. The molecule has 1 saturated heterocycles.